The number of halogens is 2. The lowest BCUT2D eigenvalue weighted by Crippen LogP contribution is -2.13. The second-order valence-corrected chi connectivity index (χ2v) is 8.29. The Morgan fingerprint density at radius 2 is 1.77 bits per heavy atom. The molecule has 0 atom stereocenters. The molecular weight excluding hydrogens is 508 g/mol. The Kier molecular flexibility index (Phi) is 7.45. The lowest BCUT2D eigenvalue weighted by Gasteiger charge is -2.12. The number of anilines is 1. The van der Waals surface area contributed by atoms with Crippen molar-refractivity contribution in [2.75, 3.05) is 5.32 Å². The molecule has 0 fully saturated rings. The zero-order valence-corrected chi connectivity index (χ0v) is 19.3. The number of rotatable bonds is 6. The number of benzene rings is 3. The molecule has 0 aliphatic heterocycles. The van der Waals surface area contributed by atoms with Crippen LogP contribution in [0.3, 0.4) is 0 Å². The summed E-state index contributed by atoms with van der Waals surface area (Å²) in [4.78, 5) is 12.5. The third kappa shape index (κ3) is 5.82. The van der Waals surface area contributed by atoms with E-state index >= 15 is 0 Å². The van der Waals surface area contributed by atoms with E-state index in [4.69, 9.17) is 4.74 Å². The Labute approximate surface area is 192 Å². The van der Waals surface area contributed by atoms with E-state index in [1.54, 1.807) is 12.1 Å². The summed E-state index contributed by atoms with van der Waals surface area (Å²) in [5, 5.41) is 12.2. The molecule has 0 bridgehead atoms. The third-order valence-corrected chi connectivity index (χ3v) is 5.38. The van der Waals surface area contributed by atoms with Crippen LogP contribution in [-0.2, 0) is 11.4 Å². The summed E-state index contributed by atoms with van der Waals surface area (Å²) in [5.74, 6) is 0.193. The van der Waals surface area contributed by atoms with Gasteiger partial charge in [0.1, 0.15) is 24.0 Å². The van der Waals surface area contributed by atoms with Crippen LogP contribution in [0.4, 0.5) is 5.69 Å². The molecule has 0 aromatic heterocycles. The van der Waals surface area contributed by atoms with E-state index in [1.807, 2.05) is 73.7 Å². The number of ether oxygens (including phenoxy) is 1. The van der Waals surface area contributed by atoms with E-state index in [1.165, 1.54) is 0 Å². The topological polar surface area (TPSA) is 62.1 Å². The lowest BCUT2D eigenvalue weighted by atomic mass is 10.1. The molecule has 3 rings (SSSR count). The molecule has 0 saturated heterocycles. The highest BCUT2D eigenvalue weighted by Crippen LogP contribution is 2.36. The molecule has 0 aliphatic carbocycles. The molecule has 0 unspecified atom stereocenters. The summed E-state index contributed by atoms with van der Waals surface area (Å²) in [6.45, 7) is 2.36. The number of nitriles is 1. The van der Waals surface area contributed by atoms with Gasteiger partial charge in [-0.05, 0) is 85.8 Å². The number of carbonyl (C=O) groups is 1. The van der Waals surface area contributed by atoms with Crippen molar-refractivity contribution in [2.45, 2.75) is 13.5 Å². The predicted octanol–water partition coefficient (Wildman–Crippen LogP) is 6.64. The molecule has 1 N–H and O–H groups in total. The minimum Gasteiger partial charge on any atom is -0.487 e. The molecule has 0 spiro atoms. The van der Waals surface area contributed by atoms with Gasteiger partial charge in [-0.15, -0.1) is 0 Å². The van der Waals surface area contributed by atoms with E-state index in [2.05, 4.69) is 37.2 Å². The number of nitrogens with one attached hydrogen (secondary N) is 1. The van der Waals surface area contributed by atoms with Crippen LogP contribution in [0.15, 0.2) is 81.2 Å². The molecule has 0 radical (unpaired) electrons. The molecule has 6 heteroatoms. The summed E-state index contributed by atoms with van der Waals surface area (Å²) >= 11 is 7.03. The molecule has 1 amide bonds. The largest absolute Gasteiger partial charge is 0.487 e. The zero-order chi connectivity index (χ0) is 21.5. The highest BCUT2D eigenvalue weighted by Gasteiger charge is 2.13. The molecule has 150 valence electrons. The van der Waals surface area contributed by atoms with Gasteiger partial charge in [-0.2, -0.15) is 5.26 Å². The van der Waals surface area contributed by atoms with Crippen LogP contribution in [0, 0.1) is 18.3 Å². The molecule has 0 aliphatic rings. The van der Waals surface area contributed by atoms with E-state index in [0.717, 1.165) is 20.1 Å². The summed E-state index contributed by atoms with van der Waals surface area (Å²) in [7, 11) is 0. The maximum Gasteiger partial charge on any atom is 0.266 e. The van der Waals surface area contributed by atoms with Crippen molar-refractivity contribution < 1.29 is 9.53 Å². The van der Waals surface area contributed by atoms with Crippen molar-refractivity contribution in [3.8, 4) is 11.8 Å². The van der Waals surface area contributed by atoms with E-state index < -0.39 is 5.91 Å². The average Bonchev–Trinajstić information content (AvgIpc) is 2.72. The molecule has 3 aromatic carbocycles. The highest BCUT2D eigenvalue weighted by atomic mass is 79.9. The summed E-state index contributed by atoms with van der Waals surface area (Å²) < 4.78 is 7.35. The number of aryl methyl sites for hydroxylation is 1. The van der Waals surface area contributed by atoms with Gasteiger partial charge < -0.3 is 10.1 Å². The van der Waals surface area contributed by atoms with E-state index in [-0.39, 0.29) is 5.57 Å². The second kappa shape index (κ2) is 10.2. The maximum absolute atomic E-state index is 12.5. The SMILES string of the molecule is Cc1cccc(NC(=O)/C(C#N)=C\c2cc(Br)c(OCc3ccccc3)c(Br)c2)c1. The van der Waals surface area contributed by atoms with Crippen LogP contribution in [0.1, 0.15) is 16.7 Å². The average molecular weight is 526 g/mol. The van der Waals surface area contributed by atoms with Crippen molar-refractivity contribution in [1.29, 1.82) is 5.26 Å². The number of carbonyl (C=O) groups excluding carboxylic acids is 1. The molecule has 0 heterocycles. The first-order valence-electron chi connectivity index (χ1n) is 9.12. The molecular formula is C24H18Br2N2O2. The fraction of sp³-hybridized carbons (Fsp3) is 0.0833. The maximum atomic E-state index is 12.5. The molecule has 3 aromatic rings. The van der Waals surface area contributed by atoms with E-state index in [9.17, 15) is 10.1 Å². The quantitative estimate of drug-likeness (QED) is 0.289. The minimum atomic E-state index is -0.459. The van der Waals surface area contributed by atoms with Gasteiger partial charge in [0.25, 0.3) is 5.91 Å². The Hall–Kier alpha value is -2.88. The van der Waals surface area contributed by atoms with Gasteiger partial charge >= 0.3 is 0 Å². The summed E-state index contributed by atoms with van der Waals surface area (Å²) in [6.07, 6.45) is 1.54. The fourth-order valence-electron chi connectivity index (χ4n) is 2.77. The van der Waals surface area contributed by atoms with Gasteiger partial charge in [-0.25, -0.2) is 0 Å². The number of nitrogens with zero attached hydrogens (tertiary/aromatic N) is 1. The van der Waals surface area contributed by atoms with Crippen LogP contribution >= 0.6 is 31.9 Å². The Morgan fingerprint density at radius 1 is 1.07 bits per heavy atom. The van der Waals surface area contributed by atoms with Crippen molar-refractivity contribution in [3.05, 3.63) is 97.9 Å². The van der Waals surface area contributed by atoms with Crippen molar-refractivity contribution in [1.82, 2.24) is 0 Å². The van der Waals surface area contributed by atoms with Gasteiger partial charge in [0, 0.05) is 5.69 Å². The first-order valence-corrected chi connectivity index (χ1v) is 10.7. The summed E-state index contributed by atoms with van der Waals surface area (Å²) in [5.41, 5.74) is 3.42. The van der Waals surface area contributed by atoms with Crippen LogP contribution in [0.25, 0.3) is 6.08 Å². The van der Waals surface area contributed by atoms with Crippen molar-refractivity contribution >= 4 is 49.5 Å². The Bertz CT molecular complexity index is 1110. The Balaban J connectivity index is 1.77. The first kappa shape index (κ1) is 21.8. The van der Waals surface area contributed by atoms with Gasteiger partial charge in [0.2, 0.25) is 0 Å². The van der Waals surface area contributed by atoms with E-state index in [0.29, 0.717) is 23.6 Å². The number of amides is 1. The van der Waals surface area contributed by atoms with Crippen molar-refractivity contribution in [2.24, 2.45) is 0 Å². The smallest absolute Gasteiger partial charge is 0.266 e. The highest BCUT2D eigenvalue weighted by molar-refractivity contribution is 9.11. The minimum absolute atomic E-state index is 0.00765. The van der Waals surface area contributed by atoms with Crippen LogP contribution in [0.5, 0.6) is 5.75 Å². The fourth-order valence-corrected chi connectivity index (χ4v) is 4.22. The second-order valence-electron chi connectivity index (χ2n) is 6.58. The predicted molar refractivity (Wildman–Crippen MR) is 126 cm³/mol. The molecule has 4 nitrogen and oxygen atoms in total. The number of hydrogen-bond acceptors (Lipinski definition) is 3. The number of hydrogen-bond donors (Lipinski definition) is 1. The third-order valence-electron chi connectivity index (χ3n) is 4.20. The van der Waals surface area contributed by atoms with Crippen LogP contribution in [0.2, 0.25) is 0 Å². The van der Waals surface area contributed by atoms with Gasteiger partial charge in [0.15, 0.2) is 0 Å². The lowest BCUT2D eigenvalue weighted by molar-refractivity contribution is -0.112. The van der Waals surface area contributed by atoms with Gasteiger partial charge in [-0.1, -0.05) is 42.5 Å². The molecule has 0 saturated carbocycles. The van der Waals surface area contributed by atoms with Gasteiger partial charge in [0.05, 0.1) is 8.95 Å². The molecule has 30 heavy (non-hydrogen) atoms. The normalized spacial score (nSPS) is 10.9. The van der Waals surface area contributed by atoms with Crippen molar-refractivity contribution in [3.63, 3.8) is 0 Å². The Morgan fingerprint density at radius 3 is 2.40 bits per heavy atom. The standard InChI is InChI=1S/C24H18Br2N2O2/c1-16-6-5-9-20(10-16)28-24(29)19(14-27)11-18-12-21(25)23(22(26)13-18)30-15-17-7-3-2-4-8-17/h2-13H,15H2,1H3,(H,28,29)/b19-11-. The van der Waals surface area contributed by atoms with Gasteiger partial charge in [-0.3, -0.25) is 4.79 Å². The van der Waals surface area contributed by atoms with Crippen LogP contribution < -0.4 is 10.1 Å². The first-order chi connectivity index (χ1) is 14.5. The monoisotopic (exact) mass is 524 g/mol. The summed E-state index contributed by atoms with van der Waals surface area (Å²) in [6, 6.07) is 22.9. The van der Waals surface area contributed by atoms with Crippen LogP contribution in [-0.4, -0.2) is 5.91 Å². The zero-order valence-electron chi connectivity index (χ0n) is 16.2.